The van der Waals surface area contributed by atoms with Crippen LogP contribution in [0.15, 0.2) is 24.3 Å². The van der Waals surface area contributed by atoms with Crippen LogP contribution in [0.2, 0.25) is 0 Å². The average Bonchev–Trinajstić information content (AvgIpc) is 2.41. The summed E-state index contributed by atoms with van der Waals surface area (Å²) >= 11 is 0. The number of benzene rings is 1. The van der Waals surface area contributed by atoms with Gasteiger partial charge in [-0.05, 0) is 17.7 Å². The number of aliphatic hydroxyl groups is 1. The van der Waals surface area contributed by atoms with Crippen molar-refractivity contribution in [3.05, 3.63) is 35.4 Å². The third-order valence-corrected chi connectivity index (χ3v) is 2.75. The van der Waals surface area contributed by atoms with Crippen LogP contribution in [0.5, 0.6) is 0 Å². The van der Waals surface area contributed by atoms with Crippen LogP contribution in [0.3, 0.4) is 0 Å². The fraction of sp³-hybridized carbons (Fsp3) is 0.467. The minimum absolute atomic E-state index is 0.0118. The van der Waals surface area contributed by atoms with Crippen molar-refractivity contribution in [2.45, 2.75) is 27.3 Å². The average molecular weight is 278 g/mol. The molecule has 0 saturated carbocycles. The Bertz CT molecular complexity index is 461. The van der Waals surface area contributed by atoms with E-state index < -0.39 is 5.41 Å². The lowest BCUT2D eigenvalue weighted by atomic mass is 9.95. The Hall–Kier alpha value is -1.88. The molecule has 0 bridgehead atoms. The molecule has 0 saturated heterocycles. The van der Waals surface area contributed by atoms with Crippen molar-refractivity contribution in [3.63, 3.8) is 0 Å². The number of carbonyl (C=O) groups is 2. The zero-order valence-corrected chi connectivity index (χ0v) is 12.2. The molecule has 1 rings (SSSR count). The van der Waals surface area contributed by atoms with Crippen molar-refractivity contribution in [3.8, 4) is 0 Å². The molecule has 110 valence electrons. The van der Waals surface area contributed by atoms with Gasteiger partial charge in [0.1, 0.15) is 0 Å². The number of hydrogen-bond acceptors (Lipinski definition) is 3. The largest absolute Gasteiger partial charge is 0.395 e. The number of amides is 2. The highest BCUT2D eigenvalue weighted by Gasteiger charge is 2.20. The first-order valence-electron chi connectivity index (χ1n) is 6.61. The summed E-state index contributed by atoms with van der Waals surface area (Å²) in [6, 6.07) is 7.00. The minimum atomic E-state index is -0.413. The Morgan fingerprint density at radius 1 is 1.10 bits per heavy atom. The highest BCUT2D eigenvalue weighted by molar-refractivity contribution is 5.94. The summed E-state index contributed by atoms with van der Waals surface area (Å²) in [5.41, 5.74) is 1.05. The lowest BCUT2D eigenvalue weighted by molar-refractivity contribution is -0.128. The quantitative estimate of drug-likeness (QED) is 0.754. The molecular formula is C15H22N2O3. The molecule has 0 aliphatic heterocycles. The first-order chi connectivity index (χ1) is 9.34. The van der Waals surface area contributed by atoms with E-state index in [1.165, 1.54) is 0 Å². The van der Waals surface area contributed by atoms with Crippen LogP contribution in [0, 0.1) is 5.41 Å². The molecule has 1 aromatic rings. The maximum atomic E-state index is 11.7. The molecule has 0 spiro atoms. The van der Waals surface area contributed by atoms with E-state index in [0.717, 1.165) is 5.56 Å². The number of rotatable bonds is 5. The minimum Gasteiger partial charge on any atom is -0.395 e. The molecular weight excluding hydrogens is 256 g/mol. The molecule has 20 heavy (non-hydrogen) atoms. The van der Waals surface area contributed by atoms with E-state index in [1.54, 1.807) is 24.3 Å². The zero-order chi connectivity index (χ0) is 15.2. The molecule has 0 aliphatic rings. The smallest absolute Gasteiger partial charge is 0.251 e. The molecule has 5 heteroatoms. The SMILES string of the molecule is CC(C)(C)C(=O)NCc1ccc(C(=O)NCCO)cc1. The van der Waals surface area contributed by atoms with E-state index in [1.807, 2.05) is 20.8 Å². The molecule has 0 heterocycles. The van der Waals surface area contributed by atoms with Gasteiger partial charge in [0.15, 0.2) is 0 Å². The molecule has 0 fully saturated rings. The summed E-state index contributed by atoms with van der Waals surface area (Å²) in [6.07, 6.45) is 0. The molecule has 0 atom stereocenters. The maximum Gasteiger partial charge on any atom is 0.251 e. The number of carbonyl (C=O) groups excluding carboxylic acids is 2. The summed E-state index contributed by atoms with van der Waals surface area (Å²) in [4.78, 5) is 23.4. The van der Waals surface area contributed by atoms with Crippen LogP contribution in [0.4, 0.5) is 0 Å². The van der Waals surface area contributed by atoms with Gasteiger partial charge in [0, 0.05) is 24.1 Å². The highest BCUT2D eigenvalue weighted by Crippen LogP contribution is 2.13. The topological polar surface area (TPSA) is 78.4 Å². The van der Waals surface area contributed by atoms with E-state index in [2.05, 4.69) is 10.6 Å². The van der Waals surface area contributed by atoms with Crippen LogP contribution in [0.25, 0.3) is 0 Å². The number of nitrogens with one attached hydrogen (secondary N) is 2. The summed E-state index contributed by atoms with van der Waals surface area (Å²) < 4.78 is 0. The number of hydrogen-bond donors (Lipinski definition) is 3. The van der Waals surface area contributed by atoms with Crippen molar-refractivity contribution in [1.29, 1.82) is 0 Å². The van der Waals surface area contributed by atoms with Gasteiger partial charge in [0.05, 0.1) is 6.61 Å². The summed E-state index contributed by atoms with van der Waals surface area (Å²) in [5.74, 6) is -0.230. The van der Waals surface area contributed by atoms with E-state index in [9.17, 15) is 9.59 Å². The summed E-state index contributed by atoms with van der Waals surface area (Å²) in [7, 11) is 0. The summed E-state index contributed by atoms with van der Waals surface area (Å²) in [5, 5.41) is 14.1. The van der Waals surface area contributed by atoms with E-state index >= 15 is 0 Å². The van der Waals surface area contributed by atoms with Crippen molar-refractivity contribution in [1.82, 2.24) is 10.6 Å². The molecule has 2 amide bonds. The lowest BCUT2D eigenvalue weighted by Gasteiger charge is -2.17. The van der Waals surface area contributed by atoms with Crippen molar-refractivity contribution < 1.29 is 14.7 Å². The van der Waals surface area contributed by atoms with Gasteiger partial charge in [0.2, 0.25) is 5.91 Å². The Labute approximate surface area is 119 Å². The zero-order valence-electron chi connectivity index (χ0n) is 12.2. The van der Waals surface area contributed by atoms with Gasteiger partial charge in [-0.3, -0.25) is 9.59 Å². The monoisotopic (exact) mass is 278 g/mol. The van der Waals surface area contributed by atoms with E-state index in [4.69, 9.17) is 5.11 Å². The predicted molar refractivity (Wildman–Crippen MR) is 77.2 cm³/mol. The molecule has 0 unspecified atom stereocenters. The van der Waals surface area contributed by atoms with Gasteiger partial charge < -0.3 is 15.7 Å². The molecule has 5 nitrogen and oxygen atoms in total. The first-order valence-corrected chi connectivity index (χ1v) is 6.61. The molecule has 1 aromatic carbocycles. The highest BCUT2D eigenvalue weighted by atomic mass is 16.3. The second kappa shape index (κ2) is 7.05. The van der Waals surface area contributed by atoms with Gasteiger partial charge in [-0.15, -0.1) is 0 Å². The normalized spacial score (nSPS) is 11.0. The molecule has 0 aromatic heterocycles. The van der Waals surface area contributed by atoms with Crippen LogP contribution < -0.4 is 10.6 Å². The van der Waals surface area contributed by atoms with Crippen molar-refractivity contribution in [2.24, 2.45) is 5.41 Å². The number of aliphatic hydroxyl groups excluding tert-OH is 1. The third-order valence-electron chi connectivity index (χ3n) is 2.75. The van der Waals surface area contributed by atoms with Gasteiger partial charge in [-0.2, -0.15) is 0 Å². The Kier molecular flexibility index (Phi) is 5.70. The van der Waals surface area contributed by atoms with E-state index in [-0.39, 0.29) is 25.0 Å². The second-order valence-electron chi connectivity index (χ2n) is 5.61. The first kappa shape index (κ1) is 16.2. The van der Waals surface area contributed by atoms with Crippen molar-refractivity contribution in [2.75, 3.05) is 13.2 Å². The summed E-state index contributed by atoms with van der Waals surface area (Å²) in [6.45, 7) is 6.17. The Morgan fingerprint density at radius 2 is 1.70 bits per heavy atom. The van der Waals surface area contributed by atoms with Crippen LogP contribution >= 0.6 is 0 Å². The van der Waals surface area contributed by atoms with Crippen LogP contribution in [-0.2, 0) is 11.3 Å². The van der Waals surface area contributed by atoms with E-state index in [0.29, 0.717) is 12.1 Å². The van der Waals surface area contributed by atoms with Gasteiger partial charge in [-0.25, -0.2) is 0 Å². The van der Waals surface area contributed by atoms with Gasteiger partial charge in [-0.1, -0.05) is 32.9 Å². The fourth-order valence-corrected chi connectivity index (χ4v) is 1.49. The second-order valence-corrected chi connectivity index (χ2v) is 5.61. The molecule has 0 radical (unpaired) electrons. The maximum absolute atomic E-state index is 11.7. The predicted octanol–water partition coefficient (Wildman–Crippen LogP) is 1.07. The third kappa shape index (κ3) is 5.01. The lowest BCUT2D eigenvalue weighted by Crippen LogP contribution is -2.34. The van der Waals surface area contributed by atoms with Crippen LogP contribution in [-0.4, -0.2) is 30.1 Å². The van der Waals surface area contributed by atoms with Gasteiger partial charge >= 0.3 is 0 Å². The standard InChI is InChI=1S/C15H22N2O3/c1-15(2,3)14(20)17-10-11-4-6-12(7-5-11)13(19)16-8-9-18/h4-7,18H,8-10H2,1-3H3,(H,16,19)(H,17,20). The van der Waals surface area contributed by atoms with Crippen molar-refractivity contribution >= 4 is 11.8 Å². The molecule has 0 aliphatic carbocycles. The fourth-order valence-electron chi connectivity index (χ4n) is 1.49. The Morgan fingerprint density at radius 3 is 2.20 bits per heavy atom. The molecule has 3 N–H and O–H groups in total. The Balaban J connectivity index is 2.55. The van der Waals surface area contributed by atoms with Crippen LogP contribution in [0.1, 0.15) is 36.7 Å². The van der Waals surface area contributed by atoms with Gasteiger partial charge in [0.25, 0.3) is 5.91 Å².